The second kappa shape index (κ2) is 7.92. The third kappa shape index (κ3) is 4.36. The quantitative estimate of drug-likeness (QED) is 0.676. The Labute approximate surface area is 163 Å². The predicted octanol–water partition coefficient (Wildman–Crippen LogP) is 4.02. The van der Waals surface area contributed by atoms with Crippen molar-refractivity contribution in [3.8, 4) is 5.69 Å². The first-order chi connectivity index (χ1) is 12.8. The second-order valence-electron chi connectivity index (χ2n) is 6.74. The van der Waals surface area contributed by atoms with E-state index in [-0.39, 0.29) is 11.2 Å². The van der Waals surface area contributed by atoms with E-state index in [4.69, 9.17) is 0 Å². The third-order valence-corrected chi connectivity index (χ3v) is 5.31. The van der Waals surface area contributed by atoms with Gasteiger partial charge in [0.15, 0.2) is 0 Å². The highest BCUT2D eigenvalue weighted by Crippen LogP contribution is 2.26. The minimum atomic E-state index is -0.348. The molecule has 0 saturated heterocycles. The van der Waals surface area contributed by atoms with Gasteiger partial charge in [-0.05, 0) is 79.4 Å². The number of para-hydroxylation sites is 1. The fraction of sp³-hybridized carbons (Fsp3) is 0.300. The molecule has 0 aliphatic rings. The molecule has 1 atom stereocenters. The molecule has 7 heteroatoms. The zero-order valence-electron chi connectivity index (χ0n) is 16.1. The highest BCUT2D eigenvalue weighted by molar-refractivity contribution is 8.00. The molecule has 2 aromatic carbocycles. The summed E-state index contributed by atoms with van der Waals surface area (Å²) in [4.78, 5) is 12.7. The number of thioether (sulfide) groups is 1. The number of hydrogen-bond acceptors (Lipinski definition) is 5. The molecule has 0 spiro atoms. The number of tetrazole rings is 1. The number of carbonyl (C=O) groups excluding carboxylic acids is 1. The van der Waals surface area contributed by atoms with E-state index in [9.17, 15) is 4.79 Å². The average molecular weight is 382 g/mol. The van der Waals surface area contributed by atoms with Gasteiger partial charge in [-0.3, -0.25) is 4.79 Å². The minimum Gasteiger partial charge on any atom is -0.325 e. The zero-order chi connectivity index (χ0) is 19.6. The first-order valence-electron chi connectivity index (χ1n) is 8.76. The number of nitrogens with zero attached hydrogens (tertiary/aromatic N) is 4. The smallest absolute Gasteiger partial charge is 0.237 e. The second-order valence-corrected chi connectivity index (χ2v) is 8.04. The van der Waals surface area contributed by atoms with E-state index < -0.39 is 0 Å². The maximum Gasteiger partial charge on any atom is 0.237 e. The Bertz CT molecular complexity index is 942. The highest BCUT2D eigenvalue weighted by atomic mass is 32.2. The largest absolute Gasteiger partial charge is 0.325 e. The molecular formula is C20H23N5OS. The summed E-state index contributed by atoms with van der Waals surface area (Å²) in [7, 11) is 0. The monoisotopic (exact) mass is 381 g/mol. The van der Waals surface area contributed by atoms with Crippen molar-refractivity contribution in [1.29, 1.82) is 0 Å². The summed E-state index contributed by atoms with van der Waals surface area (Å²) in [6.45, 7) is 9.90. The van der Waals surface area contributed by atoms with Crippen molar-refractivity contribution < 1.29 is 4.79 Å². The molecule has 3 rings (SSSR count). The van der Waals surface area contributed by atoms with Crippen LogP contribution in [0.1, 0.15) is 29.2 Å². The summed E-state index contributed by atoms with van der Waals surface area (Å²) in [5, 5.41) is 15.3. The zero-order valence-corrected chi connectivity index (χ0v) is 17.0. The molecule has 1 amide bonds. The van der Waals surface area contributed by atoms with Gasteiger partial charge in [-0.1, -0.05) is 36.0 Å². The molecule has 0 aliphatic heterocycles. The van der Waals surface area contributed by atoms with Gasteiger partial charge in [0.2, 0.25) is 11.1 Å². The summed E-state index contributed by atoms with van der Waals surface area (Å²) in [6.07, 6.45) is 0. The Morgan fingerprint density at radius 3 is 2.33 bits per heavy atom. The van der Waals surface area contributed by atoms with Crippen LogP contribution in [-0.4, -0.2) is 31.4 Å². The van der Waals surface area contributed by atoms with Crippen LogP contribution in [0.3, 0.4) is 0 Å². The normalized spacial score (nSPS) is 12.0. The summed E-state index contributed by atoms with van der Waals surface area (Å²) < 4.78 is 1.67. The van der Waals surface area contributed by atoms with Crippen molar-refractivity contribution in [1.82, 2.24) is 20.2 Å². The summed E-state index contributed by atoms with van der Waals surface area (Å²) in [5.74, 6) is -0.0765. The maximum atomic E-state index is 12.7. The van der Waals surface area contributed by atoms with E-state index >= 15 is 0 Å². The number of amides is 1. The van der Waals surface area contributed by atoms with Crippen molar-refractivity contribution in [2.75, 3.05) is 5.32 Å². The van der Waals surface area contributed by atoms with Crippen LogP contribution in [0.15, 0.2) is 41.6 Å². The van der Waals surface area contributed by atoms with Crippen LogP contribution in [0.4, 0.5) is 5.69 Å². The Morgan fingerprint density at radius 1 is 1.07 bits per heavy atom. The van der Waals surface area contributed by atoms with Crippen molar-refractivity contribution >= 4 is 23.4 Å². The highest BCUT2D eigenvalue weighted by Gasteiger charge is 2.20. The fourth-order valence-electron chi connectivity index (χ4n) is 2.94. The molecule has 140 valence electrons. The van der Waals surface area contributed by atoms with E-state index in [2.05, 4.69) is 26.9 Å². The first-order valence-corrected chi connectivity index (χ1v) is 9.64. The lowest BCUT2D eigenvalue weighted by atomic mass is 10.1. The molecule has 0 aliphatic carbocycles. The summed E-state index contributed by atoms with van der Waals surface area (Å²) in [6, 6.07) is 12.1. The number of anilines is 1. The SMILES string of the molecule is Cc1cc(C)cc(-n2nnnc2S[C@@H](C)C(=O)Nc2c(C)cccc2C)c1. The topological polar surface area (TPSA) is 72.7 Å². The number of aromatic nitrogens is 4. The molecule has 6 nitrogen and oxygen atoms in total. The van der Waals surface area contributed by atoms with Gasteiger partial charge in [-0.2, -0.15) is 4.68 Å². The van der Waals surface area contributed by atoms with Crippen LogP contribution in [0.2, 0.25) is 0 Å². The van der Waals surface area contributed by atoms with Crippen LogP contribution < -0.4 is 5.32 Å². The number of rotatable bonds is 5. The van der Waals surface area contributed by atoms with Crippen molar-refractivity contribution in [3.05, 3.63) is 58.7 Å². The van der Waals surface area contributed by atoms with Gasteiger partial charge >= 0.3 is 0 Å². The van der Waals surface area contributed by atoms with Crippen molar-refractivity contribution in [2.24, 2.45) is 0 Å². The van der Waals surface area contributed by atoms with Crippen LogP contribution in [0.5, 0.6) is 0 Å². The molecule has 3 aromatic rings. The van der Waals surface area contributed by atoms with Crippen LogP contribution in [0.25, 0.3) is 5.69 Å². The molecule has 0 saturated carbocycles. The Morgan fingerprint density at radius 2 is 1.70 bits per heavy atom. The van der Waals surface area contributed by atoms with E-state index in [1.807, 2.05) is 65.0 Å². The predicted molar refractivity (Wildman–Crippen MR) is 108 cm³/mol. The molecule has 1 aromatic heterocycles. The van der Waals surface area contributed by atoms with Gasteiger partial charge in [-0.25, -0.2) is 0 Å². The van der Waals surface area contributed by atoms with Crippen molar-refractivity contribution in [3.63, 3.8) is 0 Å². The van der Waals surface area contributed by atoms with Gasteiger partial charge in [0.1, 0.15) is 0 Å². The molecule has 0 fully saturated rings. The number of nitrogens with one attached hydrogen (secondary N) is 1. The molecule has 0 bridgehead atoms. The van der Waals surface area contributed by atoms with E-state index in [1.54, 1.807) is 4.68 Å². The van der Waals surface area contributed by atoms with Gasteiger partial charge in [0, 0.05) is 5.69 Å². The Balaban J connectivity index is 1.78. The standard InChI is InChI=1S/C20H23N5OS/c1-12-9-13(2)11-17(10-12)25-20(22-23-24-25)27-16(5)19(26)21-18-14(3)7-6-8-15(18)4/h6-11,16H,1-5H3,(H,21,26)/t16-/m0/s1. The molecular weight excluding hydrogens is 358 g/mol. The van der Waals surface area contributed by atoms with Gasteiger partial charge in [0.05, 0.1) is 10.9 Å². The van der Waals surface area contributed by atoms with Crippen LogP contribution in [-0.2, 0) is 4.79 Å². The molecule has 0 unspecified atom stereocenters. The lowest BCUT2D eigenvalue weighted by Crippen LogP contribution is -2.23. The van der Waals surface area contributed by atoms with Gasteiger partial charge < -0.3 is 5.32 Å². The number of hydrogen-bond donors (Lipinski definition) is 1. The summed E-state index contributed by atoms with van der Waals surface area (Å²) in [5.41, 5.74) is 6.11. The van der Waals surface area contributed by atoms with E-state index in [0.717, 1.165) is 33.6 Å². The van der Waals surface area contributed by atoms with Crippen LogP contribution >= 0.6 is 11.8 Å². The van der Waals surface area contributed by atoms with E-state index in [0.29, 0.717) is 5.16 Å². The third-order valence-electron chi connectivity index (χ3n) is 4.27. The Kier molecular flexibility index (Phi) is 5.60. The lowest BCUT2D eigenvalue weighted by molar-refractivity contribution is -0.115. The Hall–Kier alpha value is -2.67. The lowest BCUT2D eigenvalue weighted by Gasteiger charge is -2.15. The molecule has 1 heterocycles. The minimum absolute atomic E-state index is 0.0765. The number of carbonyl (C=O) groups is 1. The van der Waals surface area contributed by atoms with Crippen molar-refractivity contribution in [2.45, 2.75) is 45.0 Å². The molecule has 0 radical (unpaired) electrons. The molecule has 1 N–H and O–H groups in total. The van der Waals surface area contributed by atoms with Crippen LogP contribution in [0, 0.1) is 27.7 Å². The van der Waals surface area contributed by atoms with Gasteiger partial charge in [0.25, 0.3) is 0 Å². The summed E-state index contributed by atoms with van der Waals surface area (Å²) >= 11 is 1.34. The number of benzene rings is 2. The fourth-order valence-corrected chi connectivity index (χ4v) is 3.74. The first kappa shape index (κ1) is 19.1. The average Bonchev–Trinajstić information content (AvgIpc) is 3.05. The molecule has 27 heavy (non-hydrogen) atoms. The number of aryl methyl sites for hydroxylation is 4. The maximum absolute atomic E-state index is 12.7. The van der Waals surface area contributed by atoms with Gasteiger partial charge in [-0.15, -0.1) is 5.10 Å². The van der Waals surface area contributed by atoms with E-state index in [1.165, 1.54) is 11.8 Å².